The lowest BCUT2D eigenvalue weighted by molar-refractivity contribution is 0.601. The SMILES string of the molecule is O=S(=O)(Nc1ccccc1-c1nnc2n1CCCCC2)c1cc(Cl)cc(Cl)c1. The molecule has 0 atom stereocenters. The van der Waals surface area contributed by atoms with E-state index in [0.29, 0.717) is 17.1 Å². The van der Waals surface area contributed by atoms with E-state index in [1.807, 2.05) is 12.1 Å². The lowest BCUT2D eigenvalue weighted by Gasteiger charge is -2.14. The van der Waals surface area contributed by atoms with E-state index in [0.717, 1.165) is 38.1 Å². The predicted molar refractivity (Wildman–Crippen MR) is 110 cm³/mol. The third-order valence-corrected chi connectivity index (χ3v) is 6.45. The van der Waals surface area contributed by atoms with Gasteiger partial charge in [-0.25, -0.2) is 8.42 Å². The molecule has 0 radical (unpaired) electrons. The molecule has 146 valence electrons. The number of anilines is 1. The molecule has 9 heteroatoms. The van der Waals surface area contributed by atoms with Crippen LogP contribution >= 0.6 is 23.2 Å². The van der Waals surface area contributed by atoms with Gasteiger partial charge in [0.25, 0.3) is 10.0 Å². The summed E-state index contributed by atoms with van der Waals surface area (Å²) in [6, 6.07) is 11.4. The molecular weight excluding hydrogens is 419 g/mol. The molecule has 2 aromatic carbocycles. The number of nitrogens with zero attached hydrogens (tertiary/aromatic N) is 3. The van der Waals surface area contributed by atoms with Crippen molar-refractivity contribution in [2.75, 3.05) is 4.72 Å². The number of halogens is 2. The molecule has 0 spiro atoms. The highest BCUT2D eigenvalue weighted by Gasteiger charge is 2.21. The molecule has 4 rings (SSSR count). The van der Waals surface area contributed by atoms with Crippen LogP contribution in [0.1, 0.15) is 25.1 Å². The Labute approximate surface area is 173 Å². The minimum atomic E-state index is -3.88. The van der Waals surface area contributed by atoms with Gasteiger partial charge in [0, 0.05) is 28.6 Å². The van der Waals surface area contributed by atoms with E-state index >= 15 is 0 Å². The first-order valence-corrected chi connectivity index (χ1v) is 11.2. The Kier molecular flexibility index (Phi) is 5.31. The van der Waals surface area contributed by atoms with Crippen LogP contribution in [0.5, 0.6) is 0 Å². The van der Waals surface area contributed by atoms with Crippen LogP contribution in [0, 0.1) is 0 Å². The number of hydrogen-bond acceptors (Lipinski definition) is 4. The highest BCUT2D eigenvalue weighted by Crippen LogP contribution is 2.31. The first kappa shape index (κ1) is 19.2. The number of aryl methyl sites for hydroxylation is 1. The summed E-state index contributed by atoms with van der Waals surface area (Å²) < 4.78 is 30.5. The fourth-order valence-electron chi connectivity index (χ4n) is 3.34. The summed E-state index contributed by atoms with van der Waals surface area (Å²) in [5, 5.41) is 9.16. The molecule has 0 amide bonds. The monoisotopic (exact) mass is 436 g/mol. The molecule has 1 aromatic heterocycles. The van der Waals surface area contributed by atoms with E-state index in [4.69, 9.17) is 23.2 Å². The Morgan fingerprint density at radius 3 is 2.50 bits per heavy atom. The van der Waals surface area contributed by atoms with Crippen molar-refractivity contribution in [3.8, 4) is 11.4 Å². The molecule has 6 nitrogen and oxygen atoms in total. The third-order valence-electron chi connectivity index (χ3n) is 4.67. The largest absolute Gasteiger partial charge is 0.311 e. The van der Waals surface area contributed by atoms with Gasteiger partial charge >= 0.3 is 0 Å². The van der Waals surface area contributed by atoms with Gasteiger partial charge in [0.1, 0.15) is 5.82 Å². The number of rotatable bonds is 4. The van der Waals surface area contributed by atoms with Gasteiger partial charge in [-0.15, -0.1) is 10.2 Å². The first-order valence-electron chi connectivity index (χ1n) is 8.94. The van der Waals surface area contributed by atoms with Crippen LogP contribution in [0.25, 0.3) is 11.4 Å². The van der Waals surface area contributed by atoms with Crippen LogP contribution in [0.2, 0.25) is 10.0 Å². The second-order valence-electron chi connectivity index (χ2n) is 6.66. The molecule has 1 N–H and O–H groups in total. The van der Waals surface area contributed by atoms with E-state index in [1.165, 1.54) is 18.2 Å². The molecule has 1 aliphatic rings. The molecular formula is C19H18Cl2N4O2S. The maximum atomic E-state index is 12.9. The number of hydrogen-bond donors (Lipinski definition) is 1. The van der Waals surface area contributed by atoms with E-state index in [2.05, 4.69) is 19.5 Å². The topological polar surface area (TPSA) is 76.9 Å². The normalized spacial score (nSPS) is 14.4. The molecule has 0 unspecified atom stereocenters. The van der Waals surface area contributed by atoms with Crippen LogP contribution in [-0.2, 0) is 23.0 Å². The van der Waals surface area contributed by atoms with Gasteiger partial charge in [-0.05, 0) is 43.2 Å². The number of nitrogens with one attached hydrogen (secondary N) is 1. The minimum absolute atomic E-state index is 0.000115. The quantitative estimate of drug-likeness (QED) is 0.638. The molecule has 0 bridgehead atoms. The zero-order valence-corrected chi connectivity index (χ0v) is 17.2. The van der Waals surface area contributed by atoms with Crippen molar-refractivity contribution < 1.29 is 8.42 Å². The fourth-order valence-corrected chi connectivity index (χ4v) is 5.14. The Morgan fingerprint density at radius 1 is 0.964 bits per heavy atom. The number of fused-ring (bicyclic) bond motifs is 1. The van der Waals surface area contributed by atoms with Crippen molar-refractivity contribution >= 4 is 38.9 Å². The van der Waals surface area contributed by atoms with Crippen LogP contribution in [0.15, 0.2) is 47.4 Å². The Balaban J connectivity index is 1.74. The first-order chi connectivity index (χ1) is 13.4. The van der Waals surface area contributed by atoms with Crippen LogP contribution < -0.4 is 4.72 Å². The lowest BCUT2D eigenvalue weighted by atomic mass is 10.1. The van der Waals surface area contributed by atoms with Gasteiger partial charge < -0.3 is 4.57 Å². The average Bonchev–Trinajstić information content (AvgIpc) is 2.89. The highest BCUT2D eigenvalue weighted by atomic mass is 35.5. The standard InChI is InChI=1S/C19H18Cl2N4O2S/c20-13-10-14(21)12-15(11-13)28(26,27)24-17-7-4-3-6-16(17)19-23-22-18-8-2-1-5-9-25(18)19/h3-4,6-7,10-12,24H,1-2,5,8-9H2. The van der Waals surface area contributed by atoms with Crippen LogP contribution in [0.4, 0.5) is 5.69 Å². The number of aromatic nitrogens is 3. The van der Waals surface area contributed by atoms with Gasteiger partial charge in [-0.1, -0.05) is 41.8 Å². The summed E-state index contributed by atoms with van der Waals surface area (Å²) in [5.41, 5.74) is 1.11. The second-order valence-corrected chi connectivity index (χ2v) is 9.21. The molecule has 0 aliphatic carbocycles. The minimum Gasteiger partial charge on any atom is -0.311 e. The van der Waals surface area contributed by atoms with E-state index < -0.39 is 10.0 Å². The smallest absolute Gasteiger partial charge is 0.262 e. The summed E-state index contributed by atoms with van der Waals surface area (Å²) >= 11 is 11.9. The van der Waals surface area contributed by atoms with E-state index in [1.54, 1.807) is 12.1 Å². The lowest BCUT2D eigenvalue weighted by Crippen LogP contribution is -2.14. The Bertz CT molecular complexity index is 1110. The molecule has 0 saturated heterocycles. The molecule has 28 heavy (non-hydrogen) atoms. The van der Waals surface area contributed by atoms with Gasteiger partial charge in [-0.2, -0.15) is 0 Å². The second kappa shape index (κ2) is 7.73. The highest BCUT2D eigenvalue weighted by molar-refractivity contribution is 7.92. The summed E-state index contributed by atoms with van der Waals surface area (Å²) in [5.74, 6) is 1.60. The van der Waals surface area contributed by atoms with Gasteiger partial charge in [0.15, 0.2) is 5.82 Å². The average molecular weight is 437 g/mol. The summed E-state index contributed by atoms with van der Waals surface area (Å²) in [6.45, 7) is 0.822. The van der Waals surface area contributed by atoms with Crippen LogP contribution in [0.3, 0.4) is 0 Å². The maximum Gasteiger partial charge on any atom is 0.262 e. The fraction of sp³-hybridized carbons (Fsp3) is 0.263. The van der Waals surface area contributed by atoms with Crippen molar-refractivity contribution in [2.45, 2.75) is 37.1 Å². The molecule has 3 aromatic rings. The van der Waals surface area contributed by atoms with Gasteiger partial charge in [0.2, 0.25) is 0 Å². The van der Waals surface area contributed by atoms with E-state index in [-0.39, 0.29) is 14.9 Å². The maximum absolute atomic E-state index is 12.9. The van der Waals surface area contributed by atoms with Crippen molar-refractivity contribution in [2.24, 2.45) is 0 Å². The number of sulfonamides is 1. The molecule has 0 fully saturated rings. The number of benzene rings is 2. The zero-order valence-electron chi connectivity index (χ0n) is 14.9. The number of para-hydroxylation sites is 1. The summed E-state index contributed by atoms with van der Waals surface area (Å²) in [6.07, 6.45) is 4.16. The van der Waals surface area contributed by atoms with Crippen molar-refractivity contribution in [1.82, 2.24) is 14.8 Å². The van der Waals surface area contributed by atoms with E-state index in [9.17, 15) is 8.42 Å². The van der Waals surface area contributed by atoms with Gasteiger partial charge in [0.05, 0.1) is 10.6 Å². The van der Waals surface area contributed by atoms with Crippen LogP contribution in [-0.4, -0.2) is 23.2 Å². The summed E-state index contributed by atoms with van der Waals surface area (Å²) in [4.78, 5) is -0.000115. The van der Waals surface area contributed by atoms with Crippen molar-refractivity contribution in [3.63, 3.8) is 0 Å². The molecule has 2 heterocycles. The zero-order chi connectivity index (χ0) is 19.7. The van der Waals surface area contributed by atoms with Gasteiger partial charge in [-0.3, -0.25) is 4.72 Å². The van der Waals surface area contributed by atoms with Crippen molar-refractivity contribution in [1.29, 1.82) is 0 Å². The Morgan fingerprint density at radius 2 is 1.71 bits per heavy atom. The predicted octanol–water partition coefficient (Wildman–Crippen LogP) is 4.78. The molecule has 0 saturated carbocycles. The third kappa shape index (κ3) is 3.87. The molecule has 1 aliphatic heterocycles. The van der Waals surface area contributed by atoms with Crippen molar-refractivity contribution in [3.05, 3.63) is 58.3 Å². The Hall–Kier alpha value is -2.09. The summed E-state index contributed by atoms with van der Waals surface area (Å²) in [7, 11) is -3.88.